The maximum Gasteiger partial charge on any atom is 0.238 e. The van der Waals surface area contributed by atoms with Gasteiger partial charge < -0.3 is 0 Å². The third-order valence-electron chi connectivity index (χ3n) is 3.11. The van der Waals surface area contributed by atoms with Gasteiger partial charge in [-0.3, -0.25) is 14.5 Å². The van der Waals surface area contributed by atoms with Crippen LogP contribution in [0.1, 0.15) is 31.7 Å². The lowest BCUT2D eigenvalue weighted by molar-refractivity contribution is -0.125. The standard InChI is InChI=1S/C16H19NO2/c1-12-3-7-15(8-4-12)17(10-9-14-5-6-14)16(19)11-13(2)18/h3-4,7-10,14H,5-6,11H2,1-2H3. The zero-order valence-corrected chi connectivity index (χ0v) is 11.4. The van der Waals surface area contributed by atoms with Crippen LogP contribution in [0.2, 0.25) is 0 Å². The fourth-order valence-electron chi connectivity index (χ4n) is 1.81. The van der Waals surface area contributed by atoms with Gasteiger partial charge in [0.2, 0.25) is 5.91 Å². The lowest BCUT2D eigenvalue weighted by Gasteiger charge is -2.18. The largest absolute Gasteiger partial charge is 0.299 e. The van der Waals surface area contributed by atoms with Gasteiger partial charge in [-0.2, -0.15) is 0 Å². The van der Waals surface area contributed by atoms with Crippen molar-refractivity contribution in [3.63, 3.8) is 0 Å². The molecule has 3 heteroatoms. The number of amides is 1. The van der Waals surface area contributed by atoms with E-state index in [1.807, 2.05) is 37.4 Å². The summed E-state index contributed by atoms with van der Waals surface area (Å²) in [5.41, 5.74) is 1.96. The van der Waals surface area contributed by atoms with Crippen molar-refractivity contribution in [3.8, 4) is 0 Å². The minimum atomic E-state index is -0.173. The molecule has 3 nitrogen and oxygen atoms in total. The molecule has 0 saturated heterocycles. The fourth-order valence-corrected chi connectivity index (χ4v) is 1.81. The Balaban J connectivity index is 2.19. The maximum atomic E-state index is 12.1. The number of aryl methyl sites for hydroxylation is 1. The van der Waals surface area contributed by atoms with Crippen LogP contribution in [0.4, 0.5) is 5.69 Å². The Morgan fingerprint density at radius 2 is 1.89 bits per heavy atom. The molecule has 0 spiro atoms. The Morgan fingerprint density at radius 1 is 1.26 bits per heavy atom. The van der Waals surface area contributed by atoms with E-state index < -0.39 is 0 Å². The van der Waals surface area contributed by atoms with Gasteiger partial charge in [-0.1, -0.05) is 23.8 Å². The van der Waals surface area contributed by atoms with E-state index in [1.54, 1.807) is 4.90 Å². The minimum absolute atomic E-state index is 0.0527. The SMILES string of the molecule is CC(=O)CC(=O)N(C=CC1CC1)c1ccc(C)cc1. The van der Waals surface area contributed by atoms with E-state index in [0.717, 1.165) is 11.3 Å². The molecule has 0 aliphatic heterocycles. The second-order valence-corrected chi connectivity index (χ2v) is 5.16. The van der Waals surface area contributed by atoms with E-state index in [2.05, 4.69) is 6.08 Å². The third kappa shape index (κ3) is 4.05. The molecule has 0 atom stereocenters. The lowest BCUT2D eigenvalue weighted by Crippen LogP contribution is -2.26. The fraction of sp³-hybridized carbons (Fsp3) is 0.375. The molecule has 1 fully saturated rings. The van der Waals surface area contributed by atoms with Crippen molar-refractivity contribution in [1.82, 2.24) is 0 Å². The highest BCUT2D eigenvalue weighted by molar-refractivity contribution is 6.05. The Kier molecular flexibility index (Phi) is 4.15. The second kappa shape index (κ2) is 5.83. The number of Topliss-reactive ketones (excluding diaryl/α,β-unsaturated/α-hetero) is 1. The molecule has 1 aromatic rings. The molecule has 100 valence electrons. The number of anilines is 1. The quantitative estimate of drug-likeness (QED) is 0.759. The van der Waals surface area contributed by atoms with E-state index in [1.165, 1.54) is 19.8 Å². The molecule has 2 rings (SSSR count). The molecule has 0 bridgehead atoms. The van der Waals surface area contributed by atoms with Crippen LogP contribution in [0.25, 0.3) is 0 Å². The Labute approximate surface area is 113 Å². The van der Waals surface area contributed by atoms with Gasteiger partial charge in [0.05, 0.1) is 6.42 Å². The number of nitrogens with zero attached hydrogens (tertiary/aromatic N) is 1. The first-order valence-corrected chi connectivity index (χ1v) is 6.63. The molecule has 19 heavy (non-hydrogen) atoms. The van der Waals surface area contributed by atoms with Crippen LogP contribution in [0.15, 0.2) is 36.5 Å². The number of carbonyl (C=O) groups is 2. The smallest absolute Gasteiger partial charge is 0.238 e. The summed E-state index contributed by atoms with van der Waals surface area (Å²) < 4.78 is 0. The van der Waals surface area contributed by atoms with E-state index in [9.17, 15) is 9.59 Å². The highest BCUT2D eigenvalue weighted by Gasteiger charge is 2.20. The molecular formula is C16H19NO2. The van der Waals surface area contributed by atoms with Gasteiger partial charge in [-0.15, -0.1) is 0 Å². The summed E-state index contributed by atoms with van der Waals surface area (Å²) in [5, 5.41) is 0. The summed E-state index contributed by atoms with van der Waals surface area (Å²) in [6, 6.07) is 7.75. The van der Waals surface area contributed by atoms with Crippen LogP contribution in [0.3, 0.4) is 0 Å². The van der Waals surface area contributed by atoms with E-state index in [0.29, 0.717) is 5.92 Å². The van der Waals surface area contributed by atoms with Gasteiger partial charge in [-0.05, 0) is 44.7 Å². The molecule has 1 amide bonds. The zero-order valence-electron chi connectivity index (χ0n) is 11.4. The molecule has 0 radical (unpaired) electrons. The van der Waals surface area contributed by atoms with Crippen molar-refractivity contribution in [2.45, 2.75) is 33.1 Å². The van der Waals surface area contributed by atoms with Crippen molar-refractivity contribution >= 4 is 17.4 Å². The van der Waals surface area contributed by atoms with Crippen LogP contribution < -0.4 is 4.90 Å². The van der Waals surface area contributed by atoms with Crippen LogP contribution in [0, 0.1) is 12.8 Å². The molecule has 1 aliphatic rings. The first kappa shape index (κ1) is 13.5. The lowest BCUT2D eigenvalue weighted by atomic mass is 10.2. The summed E-state index contributed by atoms with van der Waals surface area (Å²) in [6.07, 6.45) is 6.20. The molecule has 0 unspecified atom stereocenters. The molecule has 0 aromatic heterocycles. The maximum absolute atomic E-state index is 12.1. The monoisotopic (exact) mass is 257 g/mol. The summed E-state index contributed by atoms with van der Waals surface area (Å²) in [6.45, 7) is 3.45. The number of allylic oxidation sites excluding steroid dienone is 1. The predicted octanol–water partition coefficient (Wildman–Crippen LogP) is 3.23. The number of hydrogen-bond donors (Lipinski definition) is 0. The summed E-state index contributed by atoms with van der Waals surface area (Å²) in [4.78, 5) is 24.8. The van der Waals surface area contributed by atoms with E-state index >= 15 is 0 Å². The summed E-state index contributed by atoms with van der Waals surface area (Å²) >= 11 is 0. The number of carbonyl (C=O) groups excluding carboxylic acids is 2. The summed E-state index contributed by atoms with van der Waals surface area (Å²) in [7, 11) is 0. The van der Waals surface area contributed by atoms with Crippen LogP contribution in [-0.2, 0) is 9.59 Å². The summed E-state index contributed by atoms with van der Waals surface area (Å²) in [5.74, 6) is 0.313. The predicted molar refractivity (Wildman–Crippen MR) is 75.8 cm³/mol. The molecular weight excluding hydrogens is 238 g/mol. The normalized spacial score (nSPS) is 14.6. The third-order valence-corrected chi connectivity index (χ3v) is 3.11. The van der Waals surface area contributed by atoms with E-state index in [-0.39, 0.29) is 18.1 Å². The van der Waals surface area contributed by atoms with E-state index in [4.69, 9.17) is 0 Å². The topological polar surface area (TPSA) is 37.4 Å². The number of rotatable bonds is 5. The highest BCUT2D eigenvalue weighted by atomic mass is 16.2. The van der Waals surface area contributed by atoms with Crippen LogP contribution in [-0.4, -0.2) is 11.7 Å². The van der Waals surface area contributed by atoms with Gasteiger partial charge in [0.25, 0.3) is 0 Å². The highest BCUT2D eigenvalue weighted by Crippen LogP contribution is 2.30. The van der Waals surface area contributed by atoms with Gasteiger partial charge in [0.15, 0.2) is 0 Å². The molecule has 1 aromatic carbocycles. The van der Waals surface area contributed by atoms with Crippen LogP contribution >= 0.6 is 0 Å². The first-order chi connectivity index (χ1) is 9.06. The van der Waals surface area contributed by atoms with Crippen LogP contribution in [0.5, 0.6) is 0 Å². The van der Waals surface area contributed by atoms with Crippen molar-refractivity contribution in [2.75, 3.05) is 4.90 Å². The van der Waals surface area contributed by atoms with Crippen molar-refractivity contribution in [1.29, 1.82) is 0 Å². The van der Waals surface area contributed by atoms with Gasteiger partial charge in [0.1, 0.15) is 5.78 Å². The molecule has 0 N–H and O–H groups in total. The first-order valence-electron chi connectivity index (χ1n) is 6.63. The zero-order chi connectivity index (χ0) is 13.8. The molecule has 0 heterocycles. The van der Waals surface area contributed by atoms with Crippen molar-refractivity contribution in [3.05, 3.63) is 42.1 Å². The van der Waals surface area contributed by atoms with Gasteiger partial charge in [-0.25, -0.2) is 0 Å². The average Bonchev–Trinajstić information content (AvgIpc) is 3.14. The Bertz CT molecular complexity index is 498. The van der Waals surface area contributed by atoms with Gasteiger partial charge in [0, 0.05) is 11.9 Å². The number of hydrogen-bond acceptors (Lipinski definition) is 2. The van der Waals surface area contributed by atoms with Crippen molar-refractivity contribution in [2.24, 2.45) is 5.92 Å². The Morgan fingerprint density at radius 3 is 2.42 bits per heavy atom. The Hall–Kier alpha value is -1.90. The average molecular weight is 257 g/mol. The second-order valence-electron chi connectivity index (χ2n) is 5.16. The minimum Gasteiger partial charge on any atom is -0.299 e. The molecule has 1 saturated carbocycles. The molecule has 1 aliphatic carbocycles. The van der Waals surface area contributed by atoms with Crippen molar-refractivity contribution < 1.29 is 9.59 Å². The van der Waals surface area contributed by atoms with Gasteiger partial charge >= 0.3 is 0 Å². The number of ketones is 1. The number of benzene rings is 1.